The molecule has 0 aliphatic carbocycles. The molecular weight excluding hydrogens is 310 g/mol. The first-order valence-corrected chi connectivity index (χ1v) is 7.10. The second kappa shape index (κ2) is 6.82. The van der Waals surface area contributed by atoms with E-state index in [1.165, 1.54) is 7.11 Å². The molecule has 1 aromatic heterocycles. The molecule has 1 heterocycles. The number of hydrogen-bond acceptors (Lipinski definition) is 7. The van der Waals surface area contributed by atoms with Crippen molar-refractivity contribution in [2.75, 3.05) is 14.2 Å². The van der Waals surface area contributed by atoms with Crippen molar-refractivity contribution >= 4 is 0 Å². The van der Waals surface area contributed by atoms with Gasteiger partial charge in [0.15, 0.2) is 0 Å². The lowest BCUT2D eigenvalue weighted by molar-refractivity contribution is 0.332. The van der Waals surface area contributed by atoms with E-state index in [1.807, 2.05) is 36.4 Å². The summed E-state index contributed by atoms with van der Waals surface area (Å²) in [5, 5.41) is 9.48. The Hall–Kier alpha value is -3.35. The molecule has 3 aromatic rings. The molecule has 0 saturated heterocycles. The lowest BCUT2D eigenvalue weighted by Gasteiger charge is -2.11. The van der Waals surface area contributed by atoms with Crippen molar-refractivity contribution in [1.82, 2.24) is 15.0 Å². The van der Waals surface area contributed by atoms with Gasteiger partial charge in [0.2, 0.25) is 0 Å². The fourth-order valence-corrected chi connectivity index (χ4v) is 2.16. The van der Waals surface area contributed by atoms with Gasteiger partial charge in [0.1, 0.15) is 11.5 Å². The Morgan fingerprint density at radius 3 is 2.29 bits per heavy atom. The highest BCUT2D eigenvalue weighted by molar-refractivity contribution is 5.72. The predicted octanol–water partition coefficient (Wildman–Crippen LogP) is 3.05. The number of aromatic nitrogens is 3. The summed E-state index contributed by atoms with van der Waals surface area (Å²) in [5.74, 6) is 1.20. The van der Waals surface area contributed by atoms with Gasteiger partial charge in [-0.15, -0.1) is 15.0 Å². The maximum Gasteiger partial charge on any atom is 0.331 e. The molecule has 0 bridgehead atoms. The van der Waals surface area contributed by atoms with Gasteiger partial charge in [-0.25, -0.2) is 0 Å². The Morgan fingerprint density at radius 1 is 0.833 bits per heavy atom. The highest BCUT2D eigenvalue weighted by Crippen LogP contribution is 2.34. The van der Waals surface area contributed by atoms with Crippen LogP contribution >= 0.6 is 0 Å². The molecule has 0 saturated carbocycles. The Kier molecular flexibility index (Phi) is 4.42. The first kappa shape index (κ1) is 15.5. The zero-order chi connectivity index (χ0) is 16.9. The van der Waals surface area contributed by atoms with Gasteiger partial charge in [-0.2, -0.15) is 0 Å². The van der Waals surface area contributed by atoms with Crippen molar-refractivity contribution in [3.8, 4) is 40.7 Å². The minimum absolute atomic E-state index is 0.0331. The molecule has 2 aromatic carbocycles. The van der Waals surface area contributed by atoms with Crippen LogP contribution in [0.25, 0.3) is 11.1 Å². The van der Waals surface area contributed by atoms with E-state index in [4.69, 9.17) is 14.2 Å². The van der Waals surface area contributed by atoms with Gasteiger partial charge >= 0.3 is 18.0 Å². The summed E-state index contributed by atoms with van der Waals surface area (Å²) in [6.07, 6.45) is 0. The van der Waals surface area contributed by atoms with Crippen LogP contribution in [-0.2, 0) is 0 Å². The number of aromatic hydroxyl groups is 1. The standard InChI is InChI=1S/C17H15N3O4/c1-22-14-9-8-12(10-13(14)11-6-4-3-5-7-11)24-17-19-15(21)18-16(20-17)23-2/h3-10H,1-2H3,(H,18,19,20,21). The normalized spacial score (nSPS) is 10.2. The summed E-state index contributed by atoms with van der Waals surface area (Å²) in [4.78, 5) is 11.3. The molecule has 0 amide bonds. The highest BCUT2D eigenvalue weighted by Gasteiger charge is 2.11. The Morgan fingerprint density at radius 2 is 1.58 bits per heavy atom. The van der Waals surface area contributed by atoms with Gasteiger partial charge in [0.05, 0.1) is 14.2 Å². The van der Waals surface area contributed by atoms with Gasteiger partial charge < -0.3 is 19.3 Å². The summed E-state index contributed by atoms with van der Waals surface area (Å²) in [6.45, 7) is 0. The average Bonchev–Trinajstić information content (AvgIpc) is 2.62. The molecule has 7 nitrogen and oxygen atoms in total. The fourth-order valence-electron chi connectivity index (χ4n) is 2.16. The van der Waals surface area contributed by atoms with Gasteiger partial charge in [-0.3, -0.25) is 0 Å². The summed E-state index contributed by atoms with van der Waals surface area (Å²) < 4.78 is 15.9. The summed E-state index contributed by atoms with van der Waals surface area (Å²) >= 11 is 0. The molecule has 122 valence electrons. The number of nitrogens with zero attached hydrogens (tertiary/aromatic N) is 3. The Balaban J connectivity index is 1.96. The number of rotatable bonds is 5. The van der Waals surface area contributed by atoms with Gasteiger partial charge in [-0.05, 0) is 23.8 Å². The molecule has 1 N–H and O–H groups in total. The largest absolute Gasteiger partial charge is 0.496 e. The first-order valence-electron chi connectivity index (χ1n) is 7.10. The molecule has 0 spiro atoms. The van der Waals surface area contributed by atoms with Crippen LogP contribution in [0.15, 0.2) is 48.5 Å². The second-order valence-electron chi connectivity index (χ2n) is 4.73. The summed E-state index contributed by atoms with van der Waals surface area (Å²) in [6, 6.07) is 14.5. The zero-order valence-electron chi connectivity index (χ0n) is 13.1. The van der Waals surface area contributed by atoms with Crippen molar-refractivity contribution in [3.63, 3.8) is 0 Å². The molecule has 0 aliphatic heterocycles. The zero-order valence-corrected chi connectivity index (χ0v) is 13.1. The Labute approximate surface area is 138 Å². The van der Waals surface area contributed by atoms with E-state index < -0.39 is 6.01 Å². The van der Waals surface area contributed by atoms with Crippen molar-refractivity contribution in [2.24, 2.45) is 0 Å². The maximum atomic E-state index is 9.48. The van der Waals surface area contributed by atoms with Gasteiger partial charge in [-0.1, -0.05) is 30.3 Å². The van der Waals surface area contributed by atoms with Crippen LogP contribution in [0.1, 0.15) is 0 Å². The molecule has 0 aliphatic rings. The van der Waals surface area contributed by atoms with E-state index in [0.29, 0.717) is 11.5 Å². The molecule has 0 radical (unpaired) electrons. The van der Waals surface area contributed by atoms with Crippen LogP contribution in [0.3, 0.4) is 0 Å². The molecular formula is C17H15N3O4. The van der Waals surface area contributed by atoms with Crippen LogP contribution in [0, 0.1) is 0 Å². The second-order valence-corrected chi connectivity index (χ2v) is 4.73. The van der Waals surface area contributed by atoms with Gasteiger partial charge in [0, 0.05) is 5.56 Å². The van der Waals surface area contributed by atoms with Crippen molar-refractivity contribution in [2.45, 2.75) is 0 Å². The lowest BCUT2D eigenvalue weighted by Crippen LogP contribution is -1.98. The number of methoxy groups -OCH3 is 2. The maximum absolute atomic E-state index is 9.48. The van der Waals surface area contributed by atoms with Crippen molar-refractivity contribution in [1.29, 1.82) is 0 Å². The molecule has 0 fully saturated rings. The third-order valence-electron chi connectivity index (χ3n) is 3.23. The van der Waals surface area contributed by atoms with Crippen molar-refractivity contribution < 1.29 is 19.3 Å². The third kappa shape index (κ3) is 3.35. The van der Waals surface area contributed by atoms with Crippen LogP contribution < -0.4 is 14.2 Å². The van der Waals surface area contributed by atoms with Crippen molar-refractivity contribution in [3.05, 3.63) is 48.5 Å². The number of benzene rings is 2. The molecule has 0 atom stereocenters. The molecule has 24 heavy (non-hydrogen) atoms. The monoisotopic (exact) mass is 325 g/mol. The minimum atomic E-state index is -0.478. The molecule has 3 rings (SSSR count). The topological polar surface area (TPSA) is 86.6 Å². The van der Waals surface area contributed by atoms with E-state index in [0.717, 1.165) is 11.1 Å². The average molecular weight is 325 g/mol. The van der Waals surface area contributed by atoms with E-state index in [1.54, 1.807) is 19.2 Å². The molecule has 0 unspecified atom stereocenters. The van der Waals surface area contributed by atoms with Crippen LogP contribution in [0.2, 0.25) is 0 Å². The van der Waals surface area contributed by atoms with Crippen LogP contribution in [0.5, 0.6) is 29.5 Å². The van der Waals surface area contributed by atoms with Gasteiger partial charge in [0.25, 0.3) is 0 Å². The lowest BCUT2D eigenvalue weighted by atomic mass is 10.0. The Bertz CT molecular complexity index is 840. The van der Waals surface area contributed by atoms with Crippen LogP contribution in [0.4, 0.5) is 0 Å². The van der Waals surface area contributed by atoms with E-state index in [-0.39, 0.29) is 12.0 Å². The minimum Gasteiger partial charge on any atom is -0.496 e. The first-order chi connectivity index (χ1) is 11.7. The third-order valence-corrected chi connectivity index (χ3v) is 3.23. The summed E-state index contributed by atoms with van der Waals surface area (Å²) in [5.41, 5.74) is 1.84. The highest BCUT2D eigenvalue weighted by atomic mass is 16.5. The fraction of sp³-hybridized carbons (Fsp3) is 0.118. The quantitative estimate of drug-likeness (QED) is 0.771. The van der Waals surface area contributed by atoms with Crippen LogP contribution in [-0.4, -0.2) is 34.3 Å². The summed E-state index contributed by atoms with van der Waals surface area (Å²) in [7, 11) is 3.00. The number of ether oxygens (including phenoxy) is 3. The predicted molar refractivity (Wildman–Crippen MR) is 86.5 cm³/mol. The van der Waals surface area contributed by atoms with E-state index in [2.05, 4.69) is 15.0 Å². The molecule has 7 heteroatoms. The van der Waals surface area contributed by atoms with E-state index in [9.17, 15) is 5.11 Å². The smallest absolute Gasteiger partial charge is 0.331 e. The van der Waals surface area contributed by atoms with E-state index >= 15 is 0 Å². The SMILES string of the molecule is COc1nc(O)nc(Oc2ccc(OC)c(-c3ccccc3)c2)n1. The number of hydrogen-bond donors (Lipinski definition) is 1.